The summed E-state index contributed by atoms with van der Waals surface area (Å²) in [6.45, 7) is 0. The Labute approximate surface area is 159 Å². The Morgan fingerprint density at radius 3 is 2.15 bits per heavy atom. The van der Waals surface area contributed by atoms with Crippen LogP contribution in [0.25, 0.3) is 0 Å². The molecular weight excluding hydrogens is 350 g/mol. The average Bonchev–Trinajstić information content (AvgIpc) is 3.01. The van der Waals surface area contributed by atoms with Crippen molar-refractivity contribution in [2.45, 2.75) is 44.6 Å². The highest BCUT2D eigenvalue weighted by molar-refractivity contribution is 8.14. The Bertz CT molecular complexity index is 655. The molecule has 1 atom stereocenters. The molecule has 1 fully saturated rings. The average molecular weight is 378 g/mol. The lowest BCUT2D eigenvalue weighted by Gasteiger charge is -2.14. The number of hydrogen-bond donors (Lipinski definition) is 0. The summed E-state index contributed by atoms with van der Waals surface area (Å²) in [5.41, 5.74) is 0.552. The summed E-state index contributed by atoms with van der Waals surface area (Å²) < 4.78 is 16.1. The molecular formula is C20H27NO4S. The largest absolute Gasteiger partial charge is 0.493 e. The summed E-state index contributed by atoms with van der Waals surface area (Å²) in [6.07, 6.45) is 7.60. The minimum absolute atomic E-state index is 0.0142. The van der Waals surface area contributed by atoms with Gasteiger partial charge in [-0.25, -0.2) is 0 Å². The van der Waals surface area contributed by atoms with Crippen molar-refractivity contribution in [2.24, 2.45) is 10.9 Å². The topological polar surface area (TPSA) is 57.1 Å². The first kappa shape index (κ1) is 19.1. The molecule has 1 aromatic carbocycles. The summed E-state index contributed by atoms with van der Waals surface area (Å²) in [5, 5.41) is 1.18. The van der Waals surface area contributed by atoms with E-state index < -0.39 is 0 Å². The molecule has 6 heteroatoms. The van der Waals surface area contributed by atoms with E-state index in [9.17, 15) is 4.79 Å². The van der Waals surface area contributed by atoms with E-state index in [1.807, 2.05) is 0 Å². The second-order valence-corrected chi connectivity index (χ2v) is 7.80. The van der Waals surface area contributed by atoms with Gasteiger partial charge in [-0.05, 0) is 25.0 Å². The van der Waals surface area contributed by atoms with Crippen LogP contribution in [0.1, 0.15) is 48.9 Å². The zero-order valence-electron chi connectivity index (χ0n) is 15.7. The molecule has 0 amide bonds. The predicted molar refractivity (Wildman–Crippen MR) is 105 cm³/mol. The number of carbonyl (C=O) groups is 1. The zero-order valence-corrected chi connectivity index (χ0v) is 16.6. The standard InChI is InChI=1S/C20H27NO4S/c1-23-16-10-14(11-17(24-2)19(16)25-3)18(22)15-12-26-20(21-15)13-8-6-4-5-7-9-13/h10-11,13,15H,4-9,12H2,1-3H3. The third-order valence-electron chi connectivity index (χ3n) is 5.13. The maximum absolute atomic E-state index is 13.0. The van der Waals surface area contributed by atoms with Crippen molar-refractivity contribution in [3.63, 3.8) is 0 Å². The number of Topliss-reactive ketones (excluding diaryl/α,β-unsaturated/α-hetero) is 1. The summed E-state index contributed by atoms with van der Waals surface area (Å²) in [7, 11) is 4.66. The molecule has 0 bridgehead atoms. The molecule has 142 valence electrons. The first-order valence-electron chi connectivity index (χ1n) is 9.22. The highest BCUT2D eigenvalue weighted by Gasteiger charge is 2.31. The van der Waals surface area contributed by atoms with Crippen molar-refractivity contribution in [3.05, 3.63) is 17.7 Å². The van der Waals surface area contributed by atoms with E-state index in [2.05, 4.69) is 0 Å². The third-order valence-corrected chi connectivity index (χ3v) is 6.35. The number of carbonyl (C=O) groups excluding carboxylic acids is 1. The molecule has 0 saturated heterocycles. The van der Waals surface area contributed by atoms with Crippen LogP contribution < -0.4 is 14.2 Å². The van der Waals surface area contributed by atoms with Gasteiger partial charge in [-0.1, -0.05) is 25.7 Å². The Hall–Kier alpha value is -1.69. The van der Waals surface area contributed by atoms with Gasteiger partial charge in [-0.15, -0.1) is 11.8 Å². The van der Waals surface area contributed by atoms with Crippen molar-refractivity contribution < 1.29 is 19.0 Å². The van der Waals surface area contributed by atoms with Crippen LogP contribution in [0.3, 0.4) is 0 Å². The Morgan fingerprint density at radius 2 is 1.62 bits per heavy atom. The molecule has 1 aromatic rings. The van der Waals surface area contributed by atoms with Crippen molar-refractivity contribution in [2.75, 3.05) is 27.1 Å². The van der Waals surface area contributed by atoms with Gasteiger partial charge in [0.25, 0.3) is 0 Å². The van der Waals surface area contributed by atoms with Crippen LogP contribution in [0.2, 0.25) is 0 Å². The van der Waals surface area contributed by atoms with Crippen molar-refractivity contribution >= 4 is 22.6 Å². The lowest BCUT2D eigenvalue weighted by atomic mass is 10.0. The smallest absolute Gasteiger partial charge is 0.203 e. The molecule has 1 aliphatic carbocycles. The van der Waals surface area contributed by atoms with Crippen LogP contribution in [-0.4, -0.2) is 44.0 Å². The Kier molecular flexibility index (Phi) is 6.46. The van der Waals surface area contributed by atoms with Gasteiger partial charge in [-0.2, -0.15) is 0 Å². The van der Waals surface area contributed by atoms with E-state index in [0.29, 0.717) is 28.7 Å². The second-order valence-electron chi connectivity index (χ2n) is 6.76. The molecule has 26 heavy (non-hydrogen) atoms. The first-order valence-corrected chi connectivity index (χ1v) is 10.2. The number of hydrogen-bond acceptors (Lipinski definition) is 6. The highest BCUT2D eigenvalue weighted by Crippen LogP contribution is 2.39. The van der Waals surface area contributed by atoms with E-state index >= 15 is 0 Å². The molecule has 3 rings (SSSR count). The number of rotatable bonds is 6. The van der Waals surface area contributed by atoms with Gasteiger partial charge in [0.1, 0.15) is 6.04 Å². The molecule has 1 saturated carbocycles. The highest BCUT2D eigenvalue weighted by atomic mass is 32.2. The fraction of sp³-hybridized carbons (Fsp3) is 0.600. The quantitative estimate of drug-likeness (QED) is 0.544. The molecule has 0 aromatic heterocycles. The summed E-state index contributed by atoms with van der Waals surface area (Å²) in [6, 6.07) is 3.11. The van der Waals surface area contributed by atoms with Gasteiger partial charge in [-0.3, -0.25) is 9.79 Å². The molecule has 2 aliphatic rings. The summed E-state index contributed by atoms with van der Waals surface area (Å²) >= 11 is 1.76. The van der Waals surface area contributed by atoms with E-state index in [1.165, 1.54) is 43.6 Å². The molecule has 0 N–H and O–H groups in total. The predicted octanol–water partition coefficient (Wildman–Crippen LogP) is 4.38. The Balaban J connectivity index is 1.81. The summed E-state index contributed by atoms with van der Waals surface area (Å²) in [4.78, 5) is 17.8. The van der Waals surface area contributed by atoms with Crippen LogP contribution in [-0.2, 0) is 0 Å². The fourth-order valence-corrected chi connectivity index (χ4v) is 4.92. The maximum Gasteiger partial charge on any atom is 0.203 e. The van der Waals surface area contributed by atoms with Crippen LogP contribution in [0.5, 0.6) is 17.2 Å². The normalized spacial score (nSPS) is 21.0. The fourth-order valence-electron chi connectivity index (χ4n) is 3.69. The molecule has 5 nitrogen and oxygen atoms in total. The van der Waals surface area contributed by atoms with Crippen LogP contribution >= 0.6 is 11.8 Å². The SMILES string of the molecule is COc1cc(C(=O)C2CSC(C3CCCCCC3)=N2)cc(OC)c1OC. The number of ketones is 1. The van der Waals surface area contributed by atoms with Gasteiger partial charge >= 0.3 is 0 Å². The zero-order chi connectivity index (χ0) is 18.5. The van der Waals surface area contributed by atoms with E-state index in [1.54, 1.807) is 45.2 Å². The number of ether oxygens (including phenoxy) is 3. The van der Waals surface area contributed by atoms with Gasteiger partial charge in [0.2, 0.25) is 5.75 Å². The monoisotopic (exact) mass is 377 g/mol. The van der Waals surface area contributed by atoms with Crippen LogP contribution in [0.4, 0.5) is 0 Å². The van der Waals surface area contributed by atoms with E-state index in [4.69, 9.17) is 19.2 Å². The number of nitrogens with zero attached hydrogens (tertiary/aromatic N) is 1. The van der Waals surface area contributed by atoms with Crippen molar-refractivity contribution in [1.82, 2.24) is 0 Å². The van der Waals surface area contributed by atoms with Gasteiger partial charge < -0.3 is 14.2 Å². The van der Waals surface area contributed by atoms with Crippen LogP contribution in [0, 0.1) is 5.92 Å². The van der Waals surface area contributed by atoms with Crippen molar-refractivity contribution in [3.8, 4) is 17.2 Å². The van der Waals surface area contributed by atoms with E-state index in [-0.39, 0.29) is 11.8 Å². The molecule has 1 aliphatic heterocycles. The summed E-state index contributed by atoms with van der Waals surface area (Å²) in [5.74, 6) is 2.76. The van der Waals surface area contributed by atoms with Crippen molar-refractivity contribution in [1.29, 1.82) is 0 Å². The number of methoxy groups -OCH3 is 3. The minimum Gasteiger partial charge on any atom is -0.493 e. The third kappa shape index (κ3) is 4.00. The van der Waals surface area contributed by atoms with Gasteiger partial charge in [0, 0.05) is 17.2 Å². The number of thioether (sulfide) groups is 1. The lowest BCUT2D eigenvalue weighted by Crippen LogP contribution is -2.19. The lowest BCUT2D eigenvalue weighted by molar-refractivity contribution is 0.0970. The molecule has 0 spiro atoms. The van der Waals surface area contributed by atoms with Gasteiger partial charge in [0.05, 0.1) is 26.4 Å². The van der Waals surface area contributed by atoms with Gasteiger partial charge in [0.15, 0.2) is 17.3 Å². The molecule has 0 radical (unpaired) electrons. The number of aliphatic imine (C=N–C) groups is 1. The first-order chi connectivity index (χ1) is 12.7. The molecule has 1 heterocycles. The Morgan fingerprint density at radius 1 is 1.00 bits per heavy atom. The molecule has 1 unspecified atom stereocenters. The maximum atomic E-state index is 13.0. The number of benzene rings is 1. The van der Waals surface area contributed by atoms with Crippen LogP contribution in [0.15, 0.2) is 17.1 Å². The minimum atomic E-state index is -0.318. The van der Waals surface area contributed by atoms with E-state index in [0.717, 1.165) is 5.75 Å². The second kappa shape index (κ2) is 8.80.